The Hall–Kier alpha value is -1.42. The van der Waals surface area contributed by atoms with E-state index in [9.17, 15) is 4.79 Å². The molecular weight excluding hydrogens is 238 g/mol. The molecule has 2 fully saturated rings. The molecule has 1 aliphatic heterocycles. The lowest BCUT2D eigenvalue weighted by Crippen LogP contribution is -2.49. The molecule has 1 saturated heterocycles. The second kappa shape index (κ2) is 4.93. The highest BCUT2D eigenvalue weighted by molar-refractivity contribution is 5.79. The van der Waals surface area contributed by atoms with Gasteiger partial charge in [0.2, 0.25) is 5.91 Å². The fourth-order valence-corrected chi connectivity index (χ4v) is 3.50. The molecule has 1 amide bonds. The number of aromatic nitrogens is 1. The van der Waals surface area contributed by atoms with Crippen molar-refractivity contribution in [1.29, 1.82) is 0 Å². The first-order valence-corrected chi connectivity index (χ1v) is 7.15. The van der Waals surface area contributed by atoms with Crippen molar-refractivity contribution < 1.29 is 4.79 Å². The van der Waals surface area contributed by atoms with Gasteiger partial charge >= 0.3 is 0 Å². The third-order valence-corrected chi connectivity index (χ3v) is 4.73. The van der Waals surface area contributed by atoms with Gasteiger partial charge in [-0.1, -0.05) is 0 Å². The number of nitrogens with zero attached hydrogens (tertiary/aromatic N) is 2. The topological polar surface area (TPSA) is 59.2 Å². The normalized spacial score (nSPS) is 31.1. The zero-order chi connectivity index (χ0) is 13.3. The van der Waals surface area contributed by atoms with Crippen molar-refractivity contribution in [2.24, 2.45) is 5.73 Å². The Kier molecular flexibility index (Phi) is 3.27. The van der Waals surface area contributed by atoms with Gasteiger partial charge in [-0.05, 0) is 49.8 Å². The molecule has 2 N–H and O–H groups in total. The van der Waals surface area contributed by atoms with Gasteiger partial charge in [-0.3, -0.25) is 9.78 Å². The van der Waals surface area contributed by atoms with Gasteiger partial charge in [0.1, 0.15) is 0 Å². The van der Waals surface area contributed by atoms with Crippen LogP contribution in [0.1, 0.15) is 44.1 Å². The fourth-order valence-electron chi connectivity index (χ4n) is 3.50. The molecule has 1 saturated carbocycles. The summed E-state index contributed by atoms with van der Waals surface area (Å²) in [4.78, 5) is 18.4. The summed E-state index contributed by atoms with van der Waals surface area (Å²) in [6, 6.07) is 4.31. The van der Waals surface area contributed by atoms with Gasteiger partial charge in [0.05, 0.1) is 0 Å². The molecule has 1 aliphatic carbocycles. The lowest BCUT2D eigenvalue weighted by molar-refractivity contribution is -0.133. The van der Waals surface area contributed by atoms with Crippen LogP contribution in [-0.2, 0) is 11.3 Å². The summed E-state index contributed by atoms with van der Waals surface area (Å²) in [5.41, 5.74) is 7.25. The largest absolute Gasteiger partial charge is 0.333 e. The monoisotopic (exact) mass is 259 g/mol. The third kappa shape index (κ3) is 2.37. The average molecular weight is 259 g/mol. The smallest absolute Gasteiger partial charge is 0.223 e. The van der Waals surface area contributed by atoms with Crippen LogP contribution in [0.3, 0.4) is 0 Å². The van der Waals surface area contributed by atoms with Crippen LogP contribution in [0.2, 0.25) is 0 Å². The Morgan fingerprint density at radius 2 is 1.95 bits per heavy atom. The number of amides is 1. The molecule has 1 aromatic rings. The maximum atomic E-state index is 12.2. The summed E-state index contributed by atoms with van der Waals surface area (Å²) in [5, 5.41) is 0. The van der Waals surface area contributed by atoms with Crippen LogP contribution in [0, 0.1) is 0 Å². The van der Waals surface area contributed by atoms with Gasteiger partial charge < -0.3 is 10.6 Å². The third-order valence-electron chi connectivity index (χ3n) is 4.73. The number of carbonyl (C=O) groups is 1. The van der Waals surface area contributed by atoms with Gasteiger partial charge in [0.15, 0.2) is 0 Å². The summed E-state index contributed by atoms with van der Waals surface area (Å²) in [6.45, 7) is 0.719. The minimum absolute atomic E-state index is 0.0796. The number of rotatable bonds is 2. The molecule has 1 spiro atoms. The SMILES string of the molecule is NC1CCC2(CCC(=O)N2Cc2ccncc2)CC1. The molecule has 4 nitrogen and oxygen atoms in total. The summed E-state index contributed by atoms with van der Waals surface area (Å²) in [7, 11) is 0. The summed E-state index contributed by atoms with van der Waals surface area (Å²) >= 11 is 0. The first-order chi connectivity index (χ1) is 9.20. The van der Waals surface area contributed by atoms with Crippen LogP contribution < -0.4 is 5.73 Å². The van der Waals surface area contributed by atoms with Gasteiger partial charge in [-0.15, -0.1) is 0 Å². The zero-order valence-corrected chi connectivity index (χ0v) is 11.2. The number of likely N-dealkylation sites (tertiary alicyclic amines) is 1. The van der Waals surface area contributed by atoms with Crippen LogP contribution in [0.25, 0.3) is 0 Å². The maximum absolute atomic E-state index is 12.2. The van der Waals surface area contributed by atoms with E-state index < -0.39 is 0 Å². The molecular formula is C15H21N3O. The molecule has 3 rings (SSSR count). The highest BCUT2D eigenvalue weighted by Gasteiger charge is 2.46. The first-order valence-electron chi connectivity index (χ1n) is 7.15. The molecule has 102 valence electrons. The molecule has 4 heteroatoms. The Balaban J connectivity index is 1.79. The first kappa shape index (κ1) is 12.6. The van der Waals surface area contributed by atoms with Crippen LogP contribution in [0.15, 0.2) is 24.5 Å². The predicted molar refractivity (Wildman–Crippen MR) is 73.2 cm³/mol. The second-order valence-electron chi connectivity index (χ2n) is 5.90. The number of carbonyl (C=O) groups excluding carboxylic acids is 1. The fraction of sp³-hybridized carbons (Fsp3) is 0.600. The molecule has 19 heavy (non-hydrogen) atoms. The van der Waals surface area contributed by atoms with Gasteiger partial charge in [0.25, 0.3) is 0 Å². The van der Waals surface area contributed by atoms with Crippen LogP contribution >= 0.6 is 0 Å². The van der Waals surface area contributed by atoms with E-state index >= 15 is 0 Å². The minimum Gasteiger partial charge on any atom is -0.333 e. The van der Waals surface area contributed by atoms with E-state index in [1.165, 1.54) is 5.56 Å². The van der Waals surface area contributed by atoms with E-state index in [0.717, 1.165) is 38.6 Å². The van der Waals surface area contributed by atoms with E-state index in [-0.39, 0.29) is 5.54 Å². The summed E-state index contributed by atoms with van der Waals surface area (Å²) in [6.07, 6.45) is 9.48. The predicted octanol–water partition coefficient (Wildman–Crippen LogP) is 1.84. The van der Waals surface area contributed by atoms with Crippen LogP contribution in [0.4, 0.5) is 0 Å². The molecule has 0 bridgehead atoms. The van der Waals surface area contributed by atoms with Crippen molar-refractivity contribution in [2.45, 2.75) is 56.7 Å². The summed E-state index contributed by atoms with van der Waals surface area (Å²) in [5.74, 6) is 0.298. The van der Waals surface area contributed by atoms with Gasteiger partial charge in [-0.2, -0.15) is 0 Å². The molecule has 2 aliphatic rings. The summed E-state index contributed by atoms with van der Waals surface area (Å²) < 4.78 is 0. The molecule has 2 heterocycles. The number of pyridine rings is 1. The average Bonchev–Trinajstić information content (AvgIpc) is 2.73. The van der Waals surface area contributed by atoms with E-state index in [2.05, 4.69) is 9.88 Å². The van der Waals surface area contributed by atoms with E-state index in [0.29, 0.717) is 18.4 Å². The van der Waals surface area contributed by atoms with Crippen molar-refractivity contribution in [1.82, 2.24) is 9.88 Å². The Morgan fingerprint density at radius 3 is 2.63 bits per heavy atom. The Morgan fingerprint density at radius 1 is 1.26 bits per heavy atom. The van der Waals surface area contributed by atoms with Gasteiger partial charge in [-0.25, -0.2) is 0 Å². The highest BCUT2D eigenvalue weighted by atomic mass is 16.2. The zero-order valence-electron chi connectivity index (χ0n) is 11.2. The van der Waals surface area contributed by atoms with Crippen molar-refractivity contribution in [3.05, 3.63) is 30.1 Å². The molecule has 1 aromatic heterocycles. The van der Waals surface area contributed by atoms with E-state index in [4.69, 9.17) is 5.73 Å². The van der Waals surface area contributed by atoms with Crippen LogP contribution in [0.5, 0.6) is 0 Å². The Bertz CT molecular complexity index is 452. The maximum Gasteiger partial charge on any atom is 0.223 e. The van der Waals surface area contributed by atoms with Gasteiger partial charge in [0, 0.05) is 36.9 Å². The molecule has 0 radical (unpaired) electrons. The van der Waals surface area contributed by atoms with E-state index in [1.54, 1.807) is 12.4 Å². The molecule has 0 atom stereocenters. The number of nitrogens with two attached hydrogens (primary N) is 1. The Labute approximate surface area is 114 Å². The van der Waals surface area contributed by atoms with Crippen molar-refractivity contribution in [3.8, 4) is 0 Å². The molecule has 0 aromatic carbocycles. The van der Waals surface area contributed by atoms with Crippen molar-refractivity contribution >= 4 is 5.91 Å². The minimum atomic E-state index is 0.0796. The highest BCUT2D eigenvalue weighted by Crippen LogP contribution is 2.42. The van der Waals surface area contributed by atoms with Crippen molar-refractivity contribution in [2.75, 3.05) is 0 Å². The second-order valence-corrected chi connectivity index (χ2v) is 5.90. The quantitative estimate of drug-likeness (QED) is 0.881. The van der Waals surface area contributed by atoms with Crippen LogP contribution in [-0.4, -0.2) is 27.4 Å². The number of hydrogen-bond donors (Lipinski definition) is 1. The molecule has 0 unspecified atom stereocenters. The van der Waals surface area contributed by atoms with E-state index in [1.807, 2.05) is 12.1 Å². The standard InChI is InChI=1S/C15H21N3O/c16-13-1-6-15(7-2-13)8-3-14(19)18(15)11-12-4-9-17-10-5-12/h4-5,9-10,13H,1-3,6-8,11,16H2. The number of hydrogen-bond acceptors (Lipinski definition) is 3. The lowest BCUT2D eigenvalue weighted by Gasteiger charge is -2.43. The lowest BCUT2D eigenvalue weighted by atomic mass is 9.78. The van der Waals surface area contributed by atoms with Crippen molar-refractivity contribution in [3.63, 3.8) is 0 Å².